The summed E-state index contributed by atoms with van der Waals surface area (Å²) in [6.45, 7) is 2.49. The highest BCUT2D eigenvalue weighted by atomic mass is 35.5. The van der Waals surface area contributed by atoms with Crippen LogP contribution >= 0.6 is 23.8 Å². The average Bonchev–Trinajstić information content (AvgIpc) is 3.07. The highest BCUT2D eigenvalue weighted by molar-refractivity contribution is 7.90. The van der Waals surface area contributed by atoms with Crippen LogP contribution < -0.4 is 15.1 Å². The number of benzene rings is 1. The summed E-state index contributed by atoms with van der Waals surface area (Å²) in [4.78, 5) is 15.3. The number of alkyl halides is 1. The van der Waals surface area contributed by atoms with E-state index in [9.17, 15) is 22.0 Å². The number of carbonyl (C=O) groups excluding carboxylic acids is 1. The Morgan fingerprint density at radius 3 is 2.40 bits per heavy atom. The van der Waals surface area contributed by atoms with Gasteiger partial charge in [0.05, 0.1) is 23.8 Å². The van der Waals surface area contributed by atoms with E-state index in [0.717, 1.165) is 17.0 Å². The third kappa shape index (κ3) is 4.93. The number of hydrogen-bond acceptors (Lipinski definition) is 6. The van der Waals surface area contributed by atoms with Gasteiger partial charge in [-0.2, -0.15) is 4.31 Å². The first-order valence-corrected chi connectivity index (χ1v) is 11.7. The lowest BCUT2D eigenvalue weighted by atomic mass is 10.2. The summed E-state index contributed by atoms with van der Waals surface area (Å²) in [7, 11) is -3.57. The zero-order valence-corrected chi connectivity index (χ0v) is 18.5. The van der Waals surface area contributed by atoms with E-state index in [1.807, 2.05) is 0 Å². The second-order valence-corrected chi connectivity index (χ2v) is 10.1. The van der Waals surface area contributed by atoms with Gasteiger partial charge in [0.1, 0.15) is 17.0 Å². The molecule has 1 N–H and O–H groups in total. The molecule has 1 aromatic rings. The van der Waals surface area contributed by atoms with E-state index < -0.39 is 39.1 Å². The van der Waals surface area contributed by atoms with Crippen molar-refractivity contribution < 1.29 is 26.7 Å². The average molecular weight is 483 g/mol. The van der Waals surface area contributed by atoms with Gasteiger partial charge in [-0.15, -0.1) is 11.6 Å². The van der Waals surface area contributed by atoms with Crippen molar-refractivity contribution in [1.29, 1.82) is 0 Å². The number of cyclic esters (lactones) is 1. The van der Waals surface area contributed by atoms with Crippen molar-refractivity contribution in [2.45, 2.75) is 13.0 Å². The number of thiocarbonyl (C=S) groups is 1. The molecule has 13 heteroatoms. The lowest BCUT2D eigenvalue weighted by Crippen LogP contribution is -2.49. The molecule has 0 unspecified atom stereocenters. The van der Waals surface area contributed by atoms with Crippen LogP contribution in [-0.4, -0.2) is 74.4 Å². The van der Waals surface area contributed by atoms with Crippen LogP contribution in [0.15, 0.2) is 12.1 Å². The van der Waals surface area contributed by atoms with E-state index in [1.54, 1.807) is 6.92 Å². The molecule has 0 bridgehead atoms. The van der Waals surface area contributed by atoms with Crippen LogP contribution in [0, 0.1) is 11.6 Å². The van der Waals surface area contributed by atoms with E-state index in [2.05, 4.69) is 5.32 Å². The fourth-order valence-electron chi connectivity index (χ4n) is 3.37. The topological polar surface area (TPSA) is 82.2 Å². The fourth-order valence-corrected chi connectivity index (χ4v) is 4.72. The molecule has 0 saturated carbocycles. The number of halogens is 3. The van der Waals surface area contributed by atoms with E-state index in [4.69, 9.17) is 28.6 Å². The summed E-state index contributed by atoms with van der Waals surface area (Å²) >= 11 is 10.4. The first-order valence-electron chi connectivity index (χ1n) is 9.12. The number of piperazine rings is 1. The van der Waals surface area contributed by atoms with Crippen molar-refractivity contribution in [2.24, 2.45) is 0 Å². The molecular formula is C17H21ClF2N4O4S2. The van der Waals surface area contributed by atoms with Gasteiger partial charge in [0.2, 0.25) is 10.0 Å². The zero-order chi connectivity index (χ0) is 22.1. The molecule has 0 radical (unpaired) electrons. The number of nitrogens with one attached hydrogen (secondary N) is 1. The molecule has 1 amide bonds. The van der Waals surface area contributed by atoms with Crippen LogP contribution in [0.1, 0.15) is 6.92 Å². The number of anilines is 2. The third-order valence-corrected chi connectivity index (χ3v) is 7.25. The van der Waals surface area contributed by atoms with Crippen LogP contribution in [0.3, 0.4) is 0 Å². The molecule has 0 spiro atoms. The van der Waals surface area contributed by atoms with E-state index in [1.165, 1.54) is 9.21 Å². The molecular weight excluding hydrogens is 462 g/mol. The van der Waals surface area contributed by atoms with Crippen molar-refractivity contribution in [1.82, 2.24) is 9.62 Å². The first kappa shape index (κ1) is 22.9. The normalized spacial score (nSPS) is 20.4. The Bertz CT molecular complexity index is 919. The molecule has 0 aliphatic carbocycles. The summed E-state index contributed by atoms with van der Waals surface area (Å²) in [6, 6.07) is 2.14. The fraction of sp³-hybridized carbons (Fsp3) is 0.529. The Morgan fingerprint density at radius 1 is 1.27 bits per heavy atom. The molecule has 0 aromatic heterocycles. The van der Waals surface area contributed by atoms with Crippen molar-refractivity contribution in [2.75, 3.05) is 54.3 Å². The van der Waals surface area contributed by atoms with Crippen LogP contribution in [-0.2, 0) is 14.8 Å². The van der Waals surface area contributed by atoms with Gasteiger partial charge in [0, 0.05) is 38.3 Å². The molecule has 2 heterocycles. The standard InChI is InChI=1S/C17H21ClF2N4O4S2/c1-11(29)21-8-13-9-24(17(25)28-13)12-6-14(19)16(15(20)7-12)22-2-4-23(5-3-22)30(26,27)10-18/h6-7,13H,2-5,8-10H2,1H3,(H,21,29)/t13-/m0/s1. The summed E-state index contributed by atoms with van der Waals surface area (Å²) in [5.41, 5.74) is -0.215. The molecule has 3 rings (SSSR count). The van der Waals surface area contributed by atoms with Crippen LogP contribution in [0.5, 0.6) is 0 Å². The number of nitrogens with zero attached hydrogens (tertiary/aromatic N) is 3. The van der Waals surface area contributed by atoms with E-state index in [-0.39, 0.29) is 44.1 Å². The molecule has 166 valence electrons. The molecule has 8 nitrogen and oxygen atoms in total. The first-order chi connectivity index (χ1) is 14.1. The Morgan fingerprint density at radius 2 is 1.87 bits per heavy atom. The van der Waals surface area contributed by atoms with Gasteiger partial charge < -0.3 is 15.0 Å². The third-order valence-electron chi connectivity index (χ3n) is 4.85. The SMILES string of the molecule is CC(=S)NC[C@H]1CN(c2cc(F)c(N3CCN(S(=O)(=O)CCl)CC3)c(F)c2)C(=O)O1. The Hall–Kier alpha value is -1.76. The zero-order valence-electron chi connectivity index (χ0n) is 16.1. The van der Waals surface area contributed by atoms with Crippen molar-refractivity contribution in [3.8, 4) is 0 Å². The maximum atomic E-state index is 14.8. The summed E-state index contributed by atoms with van der Waals surface area (Å²) < 4.78 is 59.6. The van der Waals surface area contributed by atoms with Gasteiger partial charge in [-0.05, 0) is 6.92 Å². The number of carbonyl (C=O) groups is 1. The van der Waals surface area contributed by atoms with E-state index >= 15 is 0 Å². The molecule has 2 fully saturated rings. The maximum Gasteiger partial charge on any atom is 0.414 e. The van der Waals surface area contributed by atoms with Gasteiger partial charge in [-0.25, -0.2) is 22.0 Å². The summed E-state index contributed by atoms with van der Waals surface area (Å²) in [5, 5.41) is 2.35. The smallest absolute Gasteiger partial charge is 0.414 e. The van der Waals surface area contributed by atoms with Gasteiger partial charge in [0.25, 0.3) is 0 Å². The molecule has 2 aliphatic rings. The van der Waals surface area contributed by atoms with Gasteiger partial charge >= 0.3 is 6.09 Å². The highest BCUT2D eigenvalue weighted by Gasteiger charge is 2.34. The second kappa shape index (κ2) is 9.16. The highest BCUT2D eigenvalue weighted by Crippen LogP contribution is 2.31. The van der Waals surface area contributed by atoms with Crippen molar-refractivity contribution >= 4 is 56.3 Å². The summed E-state index contributed by atoms with van der Waals surface area (Å²) in [5.74, 6) is -1.69. The van der Waals surface area contributed by atoms with Crippen LogP contribution in [0.25, 0.3) is 0 Å². The monoisotopic (exact) mass is 482 g/mol. The quantitative estimate of drug-likeness (QED) is 0.489. The molecule has 30 heavy (non-hydrogen) atoms. The van der Waals surface area contributed by atoms with Crippen molar-refractivity contribution in [3.63, 3.8) is 0 Å². The molecule has 2 aliphatic heterocycles. The van der Waals surface area contributed by atoms with Crippen LogP contribution in [0.4, 0.5) is 25.0 Å². The maximum absolute atomic E-state index is 14.8. The number of hydrogen-bond donors (Lipinski definition) is 1. The minimum Gasteiger partial charge on any atom is -0.442 e. The van der Waals surface area contributed by atoms with Crippen LogP contribution in [0.2, 0.25) is 0 Å². The molecule has 1 atom stereocenters. The lowest BCUT2D eigenvalue weighted by Gasteiger charge is -2.35. The lowest BCUT2D eigenvalue weighted by molar-refractivity contribution is 0.143. The van der Waals surface area contributed by atoms with Gasteiger partial charge in [0.15, 0.2) is 11.6 Å². The summed E-state index contributed by atoms with van der Waals surface area (Å²) in [6.07, 6.45) is -1.20. The minimum absolute atomic E-state index is 0.0451. The predicted octanol–water partition coefficient (Wildman–Crippen LogP) is 1.88. The van der Waals surface area contributed by atoms with Crippen molar-refractivity contribution in [3.05, 3.63) is 23.8 Å². The largest absolute Gasteiger partial charge is 0.442 e. The minimum atomic E-state index is -3.57. The molecule has 1 aromatic carbocycles. The number of amides is 1. The second-order valence-electron chi connectivity index (χ2n) is 6.92. The Balaban J connectivity index is 1.72. The molecule has 2 saturated heterocycles. The number of sulfonamides is 1. The van der Waals surface area contributed by atoms with Gasteiger partial charge in [-0.1, -0.05) is 12.2 Å². The predicted molar refractivity (Wildman–Crippen MR) is 114 cm³/mol. The number of ether oxygens (including phenoxy) is 1. The van der Waals surface area contributed by atoms with Gasteiger partial charge in [-0.3, -0.25) is 4.90 Å². The van der Waals surface area contributed by atoms with E-state index in [0.29, 0.717) is 11.5 Å². The number of rotatable bonds is 6. The Kier molecular flexibility index (Phi) is 7.00. The Labute approximate surface area is 183 Å².